The summed E-state index contributed by atoms with van der Waals surface area (Å²) in [5, 5.41) is 2.90. The molecule has 0 heterocycles. The molecule has 0 atom stereocenters. The summed E-state index contributed by atoms with van der Waals surface area (Å²) >= 11 is 0. The molecule has 1 amide bonds. The molecule has 0 aliphatic carbocycles. The number of anilines is 1. The van der Waals surface area contributed by atoms with E-state index in [1.54, 1.807) is 31.4 Å². The average molecular weight is 481 g/mol. The number of aryl methyl sites for hydroxylation is 2. The Morgan fingerprint density at radius 3 is 2.26 bits per heavy atom. The molecule has 3 aromatic carbocycles. The van der Waals surface area contributed by atoms with E-state index in [0.717, 1.165) is 28.0 Å². The molecule has 6 nitrogen and oxygen atoms in total. The highest BCUT2D eigenvalue weighted by Gasteiger charge is 2.26. The first-order valence-electron chi connectivity index (χ1n) is 11.3. The van der Waals surface area contributed by atoms with Crippen LogP contribution in [0, 0.1) is 20.8 Å². The maximum Gasteiger partial charge on any atom is 0.264 e. The van der Waals surface area contributed by atoms with Crippen LogP contribution in [-0.2, 0) is 21.4 Å². The third kappa shape index (κ3) is 6.17. The number of benzene rings is 3. The van der Waals surface area contributed by atoms with Crippen LogP contribution in [0.25, 0.3) is 0 Å². The van der Waals surface area contributed by atoms with Crippen molar-refractivity contribution in [1.82, 2.24) is 5.32 Å². The normalized spacial score (nSPS) is 11.2. The molecule has 7 heteroatoms. The van der Waals surface area contributed by atoms with Gasteiger partial charge in [0.1, 0.15) is 5.75 Å². The Kier molecular flexibility index (Phi) is 8.34. The van der Waals surface area contributed by atoms with Crippen LogP contribution in [0.15, 0.2) is 71.6 Å². The molecular weight excluding hydrogens is 448 g/mol. The predicted molar refractivity (Wildman–Crippen MR) is 136 cm³/mol. The summed E-state index contributed by atoms with van der Waals surface area (Å²) in [5.74, 6) is 0.640. The van der Waals surface area contributed by atoms with Crippen molar-refractivity contribution >= 4 is 21.6 Å². The molecule has 0 bridgehead atoms. The van der Waals surface area contributed by atoms with Crippen molar-refractivity contribution in [1.29, 1.82) is 0 Å². The highest BCUT2D eigenvalue weighted by molar-refractivity contribution is 7.92. The van der Waals surface area contributed by atoms with Gasteiger partial charge in [-0.05, 0) is 74.2 Å². The van der Waals surface area contributed by atoms with Gasteiger partial charge in [-0.2, -0.15) is 0 Å². The van der Waals surface area contributed by atoms with E-state index in [9.17, 15) is 13.2 Å². The number of carbonyl (C=O) groups excluding carboxylic acids is 1. The van der Waals surface area contributed by atoms with Gasteiger partial charge in [0, 0.05) is 19.5 Å². The van der Waals surface area contributed by atoms with E-state index in [1.165, 1.54) is 4.31 Å². The third-order valence-corrected chi connectivity index (χ3v) is 7.69. The molecule has 3 rings (SSSR count). The number of amides is 1. The predicted octanol–water partition coefficient (Wildman–Crippen LogP) is 4.91. The van der Waals surface area contributed by atoms with Gasteiger partial charge in [-0.25, -0.2) is 8.42 Å². The Bertz CT molecular complexity index is 1220. The molecule has 0 aromatic heterocycles. The first-order valence-corrected chi connectivity index (χ1v) is 12.7. The number of sulfonamides is 1. The van der Waals surface area contributed by atoms with Gasteiger partial charge in [0.05, 0.1) is 17.7 Å². The Hall–Kier alpha value is -3.32. The number of ether oxygens (including phenoxy) is 1. The molecule has 0 saturated carbocycles. The van der Waals surface area contributed by atoms with E-state index in [0.29, 0.717) is 18.7 Å². The van der Waals surface area contributed by atoms with Gasteiger partial charge in [0.2, 0.25) is 5.91 Å². The maximum atomic E-state index is 13.6. The molecule has 34 heavy (non-hydrogen) atoms. The summed E-state index contributed by atoms with van der Waals surface area (Å²) in [7, 11) is -2.17. The van der Waals surface area contributed by atoms with Gasteiger partial charge in [-0.3, -0.25) is 9.10 Å². The number of rotatable bonds is 10. The fourth-order valence-corrected chi connectivity index (χ4v) is 5.19. The SMILES string of the molecule is COc1ccc(CNC(=O)CCCN(c2cccc(C)c2C)S(=O)(=O)c2ccc(C)cc2)cc1. The second-order valence-electron chi connectivity index (χ2n) is 8.34. The number of nitrogens with one attached hydrogen (secondary N) is 1. The van der Waals surface area contributed by atoms with Crippen molar-refractivity contribution in [2.24, 2.45) is 0 Å². The number of hydrogen-bond donors (Lipinski definition) is 1. The molecule has 0 aliphatic rings. The average Bonchev–Trinajstić information content (AvgIpc) is 2.83. The third-order valence-electron chi connectivity index (χ3n) is 5.87. The Balaban J connectivity index is 1.71. The molecule has 1 N–H and O–H groups in total. The molecular formula is C27H32N2O4S. The zero-order valence-corrected chi connectivity index (χ0v) is 21.0. The Morgan fingerprint density at radius 1 is 0.941 bits per heavy atom. The summed E-state index contributed by atoms with van der Waals surface area (Å²) in [6, 6.07) is 20.0. The van der Waals surface area contributed by atoms with Crippen LogP contribution in [0.2, 0.25) is 0 Å². The number of nitrogens with zero attached hydrogens (tertiary/aromatic N) is 1. The first kappa shape index (κ1) is 25.3. The molecule has 0 fully saturated rings. The first-order chi connectivity index (χ1) is 16.2. The van der Waals surface area contributed by atoms with E-state index in [1.807, 2.05) is 63.2 Å². The highest BCUT2D eigenvalue weighted by Crippen LogP contribution is 2.29. The molecule has 0 spiro atoms. The van der Waals surface area contributed by atoms with Crippen LogP contribution in [0.3, 0.4) is 0 Å². The van der Waals surface area contributed by atoms with Gasteiger partial charge in [0.25, 0.3) is 10.0 Å². The lowest BCUT2D eigenvalue weighted by Crippen LogP contribution is -2.33. The van der Waals surface area contributed by atoms with Crippen molar-refractivity contribution in [3.63, 3.8) is 0 Å². The lowest BCUT2D eigenvalue weighted by Gasteiger charge is -2.27. The number of methoxy groups -OCH3 is 1. The highest BCUT2D eigenvalue weighted by atomic mass is 32.2. The molecule has 0 radical (unpaired) electrons. The largest absolute Gasteiger partial charge is 0.497 e. The Morgan fingerprint density at radius 2 is 1.62 bits per heavy atom. The lowest BCUT2D eigenvalue weighted by molar-refractivity contribution is -0.121. The van der Waals surface area contributed by atoms with Gasteiger partial charge in [0.15, 0.2) is 0 Å². The van der Waals surface area contributed by atoms with E-state index in [-0.39, 0.29) is 23.8 Å². The monoisotopic (exact) mass is 480 g/mol. The molecule has 0 unspecified atom stereocenters. The smallest absolute Gasteiger partial charge is 0.264 e. The fraction of sp³-hybridized carbons (Fsp3) is 0.296. The minimum Gasteiger partial charge on any atom is -0.497 e. The molecule has 0 aliphatic heterocycles. The molecule has 0 saturated heterocycles. The van der Waals surface area contributed by atoms with E-state index < -0.39 is 10.0 Å². The van der Waals surface area contributed by atoms with Gasteiger partial charge < -0.3 is 10.1 Å². The van der Waals surface area contributed by atoms with Crippen LogP contribution < -0.4 is 14.4 Å². The van der Waals surface area contributed by atoms with Crippen molar-refractivity contribution < 1.29 is 17.9 Å². The summed E-state index contributed by atoms with van der Waals surface area (Å²) in [5.41, 5.74) is 4.51. The van der Waals surface area contributed by atoms with Crippen LogP contribution in [-0.4, -0.2) is 28.0 Å². The summed E-state index contributed by atoms with van der Waals surface area (Å²) < 4.78 is 33.7. The summed E-state index contributed by atoms with van der Waals surface area (Å²) in [4.78, 5) is 12.7. The van der Waals surface area contributed by atoms with Gasteiger partial charge in [-0.15, -0.1) is 0 Å². The van der Waals surface area contributed by atoms with Crippen LogP contribution in [0.1, 0.15) is 35.1 Å². The fourth-order valence-electron chi connectivity index (χ4n) is 3.63. The minimum absolute atomic E-state index is 0.121. The lowest BCUT2D eigenvalue weighted by atomic mass is 10.1. The van der Waals surface area contributed by atoms with Crippen molar-refractivity contribution in [2.45, 2.75) is 45.1 Å². The number of hydrogen-bond acceptors (Lipinski definition) is 4. The van der Waals surface area contributed by atoms with E-state index in [4.69, 9.17) is 4.74 Å². The topological polar surface area (TPSA) is 75.7 Å². The van der Waals surface area contributed by atoms with E-state index in [2.05, 4.69) is 5.32 Å². The second-order valence-corrected chi connectivity index (χ2v) is 10.2. The summed E-state index contributed by atoms with van der Waals surface area (Å²) in [6.07, 6.45) is 0.619. The van der Waals surface area contributed by atoms with Crippen molar-refractivity contribution in [3.8, 4) is 5.75 Å². The van der Waals surface area contributed by atoms with Crippen LogP contribution in [0.4, 0.5) is 5.69 Å². The van der Waals surface area contributed by atoms with Crippen LogP contribution >= 0.6 is 0 Å². The van der Waals surface area contributed by atoms with Gasteiger partial charge >= 0.3 is 0 Å². The quantitative estimate of drug-likeness (QED) is 0.447. The van der Waals surface area contributed by atoms with E-state index >= 15 is 0 Å². The standard InChI is InChI=1S/C27H32N2O4S/c1-20-10-16-25(17-11-20)34(31,32)29(26-8-5-7-21(2)22(26)3)18-6-9-27(30)28-19-23-12-14-24(33-4)15-13-23/h5,7-8,10-17H,6,9,18-19H2,1-4H3,(H,28,30). The summed E-state index contributed by atoms with van der Waals surface area (Å²) in [6.45, 7) is 6.41. The van der Waals surface area contributed by atoms with Crippen molar-refractivity contribution in [2.75, 3.05) is 18.0 Å². The second kappa shape index (κ2) is 11.2. The van der Waals surface area contributed by atoms with Crippen molar-refractivity contribution in [3.05, 3.63) is 89.0 Å². The molecule has 3 aromatic rings. The minimum atomic E-state index is -3.78. The number of carbonyl (C=O) groups is 1. The zero-order valence-electron chi connectivity index (χ0n) is 20.2. The Labute approximate surface area is 202 Å². The van der Waals surface area contributed by atoms with Crippen LogP contribution in [0.5, 0.6) is 5.75 Å². The van der Waals surface area contributed by atoms with Gasteiger partial charge in [-0.1, -0.05) is 42.0 Å². The molecule has 180 valence electrons. The maximum absolute atomic E-state index is 13.6. The zero-order chi connectivity index (χ0) is 24.7.